The van der Waals surface area contributed by atoms with Crippen LogP contribution in [0.4, 0.5) is 0 Å². The van der Waals surface area contributed by atoms with Crippen LogP contribution < -0.4 is 19.5 Å². The second kappa shape index (κ2) is 12.3. The largest absolute Gasteiger partial charge is 0.497 e. The summed E-state index contributed by atoms with van der Waals surface area (Å²) in [4.78, 5) is 10.9. The van der Waals surface area contributed by atoms with Gasteiger partial charge in [-0.15, -0.1) is 24.0 Å². The fourth-order valence-electron chi connectivity index (χ4n) is 2.61. The molecule has 0 atom stereocenters. The maximum absolute atomic E-state index is 5.50. The highest BCUT2D eigenvalue weighted by Gasteiger charge is 2.11. The molecule has 0 unspecified atom stereocenters. The zero-order chi connectivity index (χ0) is 19.6. The predicted molar refractivity (Wildman–Crippen MR) is 122 cm³/mol. The Labute approximate surface area is 184 Å². The van der Waals surface area contributed by atoms with E-state index in [9.17, 15) is 0 Å². The molecule has 0 radical (unpaired) electrons. The number of nitrogens with zero attached hydrogens (tertiary/aromatic N) is 3. The van der Waals surface area contributed by atoms with Crippen molar-refractivity contribution in [3.63, 3.8) is 0 Å². The number of rotatable bonds is 8. The fourth-order valence-corrected chi connectivity index (χ4v) is 2.61. The molecule has 1 aromatic carbocycles. The van der Waals surface area contributed by atoms with Crippen molar-refractivity contribution >= 4 is 29.9 Å². The lowest BCUT2D eigenvalue weighted by Gasteiger charge is -2.23. The van der Waals surface area contributed by atoms with E-state index < -0.39 is 0 Å². The summed E-state index contributed by atoms with van der Waals surface area (Å²) in [7, 11) is 6.91. The van der Waals surface area contributed by atoms with Crippen LogP contribution in [0.25, 0.3) is 0 Å². The molecule has 0 fully saturated rings. The Kier molecular flexibility index (Phi) is 10.4. The number of ether oxygens (including phenoxy) is 3. The lowest BCUT2D eigenvalue weighted by atomic mass is 10.2. The van der Waals surface area contributed by atoms with Gasteiger partial charge in [0.2, 0.25) is 5.88 Å². The SMILES string of the molecule is CCNC(=NCc1ccnc(OC)c1)N(C)Cc1ccc(OC)cc1OC.I. The molecule has 1 aromatic heterocycles. The quantitative estimate of drug-likeness (QED) is 0.341. The van der Waals surface area contributed by atoms with E-state index in [0.717, 1.165) is 35.1 Å². The summed E-state index contributed by atoms with van der Waals surface area (Å²) in [6, 6.07) is 9.64. The van der Waals surface area contributed by atoms with E-state index in [-0.39, 0.29) is 24.0 Å². The molecule has 0 aliphatic heterocycles. The first-order chi connectivity index (χ1) is 13.1. The molecule has 0 bridgehead atoms. The van der Waals surface area contributed by atoms with Crippen LogP contribution in [0.1, 0.15) is 18.1 Å². The molecule has 0 aliphatic carbocycles. The molecule has 0 aliphatic rings. The van der Waals surface area contributed by atoms with Crippen LogP contribution in [0.3, 0.4) is 0 Å². The maximum Gasteiger partial charge on any atom is 0.213 e. The zero-order valence-corrected chi connectivity index (χ0v) is 19.4. The molecule has 1 heterocycles. The summed E-state index contributed by atoms with van der Waals surface area (Å²) in [5, 5.41) is 3.33. The van der Waals surface area contributed by atoms with Gasteiger partial charge in [-0.2, -0.15) is 0 Å². The van der Waals surface area contributed by atoms with Crippen molar-refractivity contribution in [1.82, 2.24) is 15.2 Å². The van der Waals surface area contributed by atoms with Gasteiger partial charge in [0.1, 0.15) is 11.5 Å². The molecular weight excluding hydrogens is 471 g/mol. The third kappa shape index (κ3) is 6.74. The first-order valence-corrected chi connectivity index (χ1v) is 8.80. The number of methoxy groups -OCH3 is 3. The Morgan fingerprint density at radius 1 is 1.11 bits per heavy atom. The van der Waals surface area contributed by atoms with Gasteiger partial charge in [0, 0.05) is 44.0 Å². The number of benzene rings is 1. The number of halogens is 1. The van der Waals surface area contributed by atoms with Crippen molar-refractivity contribution in [3.8, 4) is 17.4 Å². The Balaban J connectivity index is 0.00000392. The summed E-state index contributed by atoms with van der Waals surface area (Å²) in [5.41, 5.74) is 2.09. The molecule has 7 nitrogen and oxygen atoms in total. The molecule has 1 N–H and O–H groups in total. The average molecular weight is 500 g/mol. The van der Waals surface area contributed by atoms with Crippen LogP contribution in [0.15, 0.2) is 41.5 Å². The van der Waals surface area contributed by atoms with Crippen LogP contribution in [0, 0.1) is 0 Å². The highest BCUT2D eigenvalue weighted by Crippen LogP contribution is 2.25. The van der Waals surface area contributed by atoms with E-state index in [1.807, 2.05) is 44.3 Å². The van der Waals surface area contributed by atoms with Crippen molar-refractivity contribution < 1.29 is 14.2 Å². The Morgan fingerprint density at radius 2 is 1.89 bits per heavy atom. The lowest BCUT2D eigenvalue weighted by molar-refractivity contribution is 0.382. The Hall–Kier alpha value is -2.23. The van der Waals surface area contributed by atoms with E-state index in [0.29, 0.717) is 19.0 Å². The van der Waals surface area contributed by atoms with Crippen LogP contribution in [-0.2, 0) is 13.1 Å². The lowest BCUT2D eigenvalue weighted by Crippen LogP contribution is -2.38. The molecule has 2 rings (SSSR count). The zero-order valence-electron chi connectivity index (χ0n) is 17.1. The standard InChI is InChI=1S/C20H28N4O3.HI/c1-6-21-20(23-13-15-9-10-22-19(11-15)27-5)24(2)14-16-7-8-17(25-3)12-18(16)26-4;/h7-12H,6,13-14H2,1-5H3,(H,21,23);1H. The summed E-state index contributed by atoms with van der Waals surface area (Å²) in [5.74, 6) is 2.96. The minimum atomic E-state index is 0. The maximum atomic E-state index is 5.50. The first kappa shape index (κ1) is 23.8. The topological polar surface area (TPSA) is 68.2 Å². The van der Waals surface area contributed by atoms with E-state index in [1.54, 1.807) is 27.5 Å². The third-order valence-corrected chi connectivity index (χ3v) is 4.02. The smallest absolute Gasteiger partial charge is 0.213 e. The average Bonchev–Trinajstić information content (AvgIpc) is 2.71. The highest BCUT2D eigenvalue weighted by molar-refractivity contribution is 14.0. The molecule has 0 saturated heterocycles. The van der Waals surface area contributed by atoms with Gasteiger partial charge >= 0.3 is 0 Å². The van der Waals surface area contributed by atoms with Gasteiger partial charge < -0.3 is 24.4 Å². The van der Waals surface area contributed by atoms with Crippen LogP contribution in [-0.4, -0.2) is 50.8 Å². The normalized spacial score (nSPS) is 10.7. The van der Waals surface area contributed by atoms with Crippen molar-refractivity contribution in [2.75, 3.05) is 34.9 Å². The summed E-state index contributed by atoms with van der Waals surface area (Å²) in [6.45, 7) is 4.01. The summed E-state index contributed by atoms with van der Waals surface area (Å²) >= 11 is 0. The monoisotopic (exact) mass is 500 g/mol. The molecule has 154 valence electrons. The Bertz CT molecular complexity index is 771. The molecular formula is C20H29IN4O3. The molecule has 8 heteroatoms. The van der Waals surface area contributed by atoms with Gasteiger partial charge in [0.25, 0.3) is 0 Å². The Morgan fingerprint density at radius 3 is 2.54 bits per heavy atom. The predicted octanol–water partition coefficient (Wildman–Crippen LogP) is 3.32. The number of hydrogen-bond donors (Lipinski definition) is 1. The summed E-state index contributed by atoms with van der Waals surface area (Å²) < 4.78 is 15.9. The van der Waals surface area contributed by atoms with Gasteiger partial charge in [-0.3, -0.25) is 0 Å². The number of guanidine groups is 1. The van der Waals surface area contributed by atoms with Crippen molar-refractivity contribution in [2.45, 2.75) is 20.0 Å². The minimum Gasteiger partial charge on any atom is -0.497 e. The number of nitrogens with one attached hydrogen (secondary N) is 1. The summed E-state index contributed by atoms with van der Waals surface area (Å²) in [6.07, 6.45) is 1.72. The van der Waals surface area contributed by atoms with Gasteiger partial charge in [-0.25, -0.2) is 9.98 Å². The van der Waals surface area contributed by atoms with Gasteiger partial charge in [-0.05, 0) is 30.7 Å². The van der Waals surface area contributed by atoms with Gasteiger partial charge in [0.05, 0.1) is 27.9 Å². The van der Waals surface area contributed by atoms with Gasteiger partial charge in [0.15, 0.2) is 5.96 Å². The molecule has 0 amide bonds. The molecule has 28 heavy (non-hydrogen) atoms. The number of aliphatic imine (C=N–C) groups is 1. The number of pyridine rings is 1. The van der Waals surface area contributed by atoms with Gasteiger partial charge in [-0.1, -0.05) is 0 Å². The number of hydrogen-bond acceptors (Lipinski definition) is 5. The van der Waals surface area contributed by atoms with Crippen molar-refractivity contribution in [2.24, 2.45) is 4.99 Å². The van der Waals surface area contributed by atoms with Crippen LogP contribution in [0.5, 0.6) is 17.4 Å². The van der Waals surface area contributed by atoms with Crippen molar-refractivity contribution in [1.29, 1.82) is 0 Å². The van der Waals surface area contributed by atoms with Crippen LogP contribution >= 0.6 is 24.0 Å². The van der Waals surface area contributed by atoms with E-state index in [1.165, 1.54) is 0 Å². The van der Waals surface area contributed by atoms with E-state index >= 15 is 0 Å². The third-order valence-electron chi connectivity index (χ3n) is 4.02. The molecule has 0 spiro atoms. The second-order valence-electron chi connectivity index (χ2n) is 5.91. The number of aromatic nitrogens is 1. The first-order valence-electron chi connectivity index (χ1n) is 8.80. The van der Waals surface area contributed by atoms with Crippen molar-refractivity contribution in [3.05, 3.63) is 47.7 Å². The highest BCUT2D eigenvalue weighted by atomic mass is 127. The van der Waals surface area contributed by atoms with E-state index in [4.69, 9.17) is 19.2 Å². The van der Waals surface area contributed by atoms with E-state index in [2.05, 4.69) is 15.2 Å². The molecule has 2 aromatic rings. The molecule has 0 saturated carbocycles. The minimum absolute atomic E-state index is 0. The fraction of sp³-hybridized carbons (Fsp3) is 0.400. The second-order valence-corrected chi connectivity index (χ2v) is 5.91. The van der Waals surface area contributed by atoms with Crippen LogP contribution in [0.2, 0.25) is 0 Å².